The van der Waals surface area contributed by atoms with Gasteiger partial charge in [0.1, 0.15) is 6.04 Å². The Morgan fingerprint density at radius 1 is 1.44 bits per heavy atom. The highest BCUT2D eigenvalue weighted by Gasteiger charge is 2.29. The van der Waals surface area contributed by atoms with Gasteiger partial charge in [0.2, 0.25) is 5.91 Å². The van der Waals surface area contributed by atoms with Crippen LogP contribution in [0, 0.1) is 0 Å². The second-order valence-electron chi connectivity index (χ2n) is 4.31. The van der Waals surface area contributed by atoms with E-state index >= 15 is 0 Å². The zero-order chi connectivity index (χ0) is 13.1. The summed E-state index contributed by atoms with van der Waals surface area (Å²) in [7, 11) is 0. The van der Waals surface area contributed by atoms with Gasteiger partial charge in [0, 0.05) is 12.7 Å². The summed E-state index contributed by atoms with van der Waals surface area (Å²) in [6.45, 7) is 0.625. The zero-order valence-corrected chi connectivity index (χ0v) is 9.87. The number of rotatable bonds is 3. The summed E-state index contributed by atoms with van der Waals surface area (Å²) in [6.07, 6.45) is 5.40. The van der Waals surface area contributed by atoms with Gasteiger partial charge >= 0.3 is 5.97 Å². The Morgan fingerprint density at radius 3 is 2.89 bits per heavy atom. The lowest BCUT2D eigenvalue weighted by Gasteiger charge is -2.35. The van der Waals surface area contributed by atoms with Crippen LogP contribution in [0.25, 0.3) is 0 Å². The predicted molar refractivity (Wildman–Crippen MR) is 65.4 cm³/mol. The van der Waals surface area contributed by atoms with Crippen molar-refractivity contribution in [3.63, 3.8) is 0 Å². The number of carboxylic acid groups (broad SMARTS) is 1. The van der Waals surface area contributed by atoms with Crippen molar-refractivity contribution in [2.24, 2.45) is 5.73 Å². The lowest BCUT2D eigenvalue weighted by atomic mass is 10.00. The van der Waals surface area contributed by atoms with Crippen molar-refractivity contribution in [2.45, 2.75) is 25.3 Å². The first-order valence-electron chi connectivity index (χ1n) is 5.84. The Kier molecular flexibility index (Phi) is 3.45. The van der Waals surface area contributed by atoms with Crippen molar-refractivity contribution in [1.29, 1.82) is 0 Å². The first-order chi connectivity index (χ1) is 8.61. The molecule has 1 unspecified atom stereocenters. The molecule has 1 saturated heterocycles. The van der Waals surface area contributed by atoms with Crippen LogP contribution >= 0.6 is 0 Å². The van der Waals surface area contributed by atoms with Crippen molar-refractivity contribution in [3.8, 4) is 0 Å². The van der Waals surface area contributed by atoms with E-state index in [1.807, 2.05) is 0 Å². The van der Waals surface area contributed by atoms with Gasteiger partial charge < -0.3 is 15.7 Å². The molecule has 1 atom stereocenters. The maximum atomic E-state index is 11.4. The standard InChI is InChI=1S/C12H15N3O3/c13-11(16)9-3-1-2-6-15(9)10-7-14-5-4-8(10)12(17)18/h4-5,7,9H,1-3,6H2,(H2,13,16)(H,17,18). The van der Waals surface area contributed by atoms with Gasteiger partial charge in [-0.3, -0.25) is 9.78 Å². The number of nitrogens with zero attached hydrogens (tertiary/aromatic N) is 2. The maximum absolute atomic E-state index is 11.4. The SMILES string of the molecule is NC(=O)C1CCCCN1c1cnccc1C(=O)O. The van der Waals surface area contributed by atoms with Gasteiger partial charge in [-0.1, -0.05) is 0 Å². The lowest BCUT2D eigenvalue weighted by molar-refractivity contribution is -0.119. The smallest absolute Gasteiger partial charge is 0.337 e. The number of aromatic carboxylic acids is 1. The van der Waals surface area contributed by atoms with Crippen LogP contribution in [-0.4, -0.2) is 34.6 Å². The Labute approximate surface area is 104 Å². The number of nitrogens with two attached hydrogens (primary N) is 1. The van der Waals surface area contributed by atoms with Gasteiger partial charge in [0.05, 0.1) is 17.4 Å². The van der Waals surface area contributed by atoms with Gasteiger partial charge in [-0.2, -0.15) is 0 Å². The zero-order valence-electron chi connectivity index (χ0n) is 9.87. The fourth-order valence-electron chi connectivity index (χ4n) is 2.31. The van der Waals surface area contributed by atoms with E-state index in [0.29, 0.717) is 18.7 Å². The van der Waals surface area contributed by atoms with Crippen LogP contribution in [0.1, 0.15) is 29.6 Å². The molecule has 1 aromatic rings. The largest absolute Gasteiger partial charge is 0.478 e. The molecule has 96 valence electrons. The van der Waals surface area contributed by atoms with E-state index in [0.717, 1.165) is 12.8 Å². The molecule has 0 saturated carbocycles. The molecule has 0 bridgehead atoms. The number of amides is 1. The highest BCUT2D eigenvalue weighted by atomic mass is 16.4. The summed E-state index contributed by atoms with van der Waals surface area (Å²) in [6, 6.07) is 0.991. The molecule has 0 aliphatic carbocycles. The van der Waals surface area contributed by atoms with E-state index in [4.69, 9.17) is 10.8 Å². The number of carbonyl (C=O) groups is 2. The number of piperidine rings is 1. The average Bonchev–Trinajstić information content (AvgIpc) is 2.38. The van der Waals surface area contributed by atoms with Crippen molar-refractivity contribution in [3.05, 3.63) is 24.0 Å². The molecule has 2 rings (SSSR count). The summed E-state index contributed by atoms with van der Waals surface area (Å²) < 4.78 is 0. The molecule has 1 fully saturated rings. The van der Waals surface area contributed by atoms with E-state index in [9.17, 15) is 9.59 Å². The Hall–Kier alpha value is -2.11. The van der Waals surface area contributed by atoms with Gasteiger partial charge in [0.25, 0.3) is 0 Å². The van der Waals surface area contributed by atoms with Crippen LogP contribution in [0.2, 0.25) is 0 Å². The number of pyridine rings is 1. The van der Waals surface area contributed by atoms with Crippen LogP contribution in [0.15, 0.2) is 18.5 Å². The molecule has 1 amide bonds. The fraction of sp³-hybridized carbons (Fsp3) is 0.417. The predicted octanol–water partition coefficient (Wildman–Crippen LogP) is 0.624. The third-order valence-electron chi connectivity index (χ3n) is 3.17. The van der Waals surface area contributed by atoms with Crippen LogP contribution < -0.4 is 10.6 Å². The first-order valence-corrected chi connectivity index (χ1v) is 5.84. The fourth-order valence-corrected chi connectivity index (χ4v) is 2.31. The number of anilines is 1. The second kappa shape index (κ2) is 5.03. The Morgan fingerprint density at radius 2 is 2.22 bits per heavy atom. The molecular weight excluding hydrogens is 234 g/mol. The summed E-state index contributed by atoms with van der Waals surface area (Å²) in [5.74, 6) is -1.45. The highest BCUT2D eigenvalue weighted by Crippen LogP contribution is 2.27. The van der Waals surface area contributed by atoms with Crippen molar-refractivity contribution < 1.29 is 14.7 Å². The quantitative estimate of drug-likeness (QED) is 0.818. The maximum Gasteiger partial charge on any atom is 0.337 e. The summed E-state index contributed by atoms with van der Waals surface area (Å²) in [4.78, 5) is 28.3. The van der Waals surface area contributed by atoms with Gasteiger partial charge in [-0.05, 0) is 25.3 Å². The number of hydrogen-bond donors (Lipinski definition) is 2. The molecule has 6 nitrogen and oxygen atoms in total. The minimum atomic E-state index is -1.03. The number of carbonyl (C=O) groups excluding carboxylic acids is 1. The highest BCUT2D eigenvalue weighted by molar-refractivity contribution is 5.95. The third kappa shape index (κ3) is 2.27. The molecule has 0 aromatic carbocycles. The molecule has 0 radical (unpaired) electrons. The van der Waals surface area contributed by atoms with Crippen LogP contribution in [0.3, 0.4) is 0 Å². The Bertz CT molecular complexity index is 475. The molecule has 0 spiro atoms. The minimum Gasteiger partial charge on any atom is -0.478 e. The van der Waals surface area contributed by atoms with E-state index in [2.05, 4.69) is 4.98 Å². The summed E-state index contributed by atoms with van der Waals surface area (Å²) >= 11 is 0. The third-order valence-corrected chi connectivity index (χ3v) is 3.17. The normalized spacial score (nSPS) is 19.6. The second-order valence-corrected chi connectivity index (χ2v) is 4.31. The first kappa shape index (κ1) is 12.3. The molecule has 3 N–H and O–H groups in total. The van der Waals surface area contributed by atoms with Crippen molar-refractivity contribution >= 4 is 17.6 Å². The van der Waals surface area contributed by atoms with Crippen LogP contribution in [-0.2, 0) is 4.79 Å². The van der Waals surface area contributed by atoms with Crippen LogP contribution in [0.4, 0.5) is 5.69 Å². The molecule has 6 heteroatoms. The Balaban J connectivity index is 2.39. The average molecular weight is 249 g/mol. The van der Waals surface area contributed by atoms with Gasteiger partial charge in [-0.15, -0.1) is 0 Å². The van der Waals surface area contributed by atoms with E-state index in [1.165, 1.54) is 18.5 Å². The minimum absolute atomic E-state index is 0.151. The monoisotopic (exact) mass is 249 g/mol. The van der Waals surface area contributed by atoms with E-state index < -0.39 is 17.9 Å². The van der Waals surface area contributed by atoms with E-state index in [1.54, 1.807) is 4.90 Å². The number of carboxylic acids is 1. The van der Waals surface area contributed by atoms with Crippen LogP contribution in [0.5, 0.6) is 0 Å². The number of hydrogen-bond acceptors (Lipinski definition) is 4. The van der Waals surface area contributed by atoms with Gasteiger partial charge in [-0.25, -0.2) is 4.79 Å². The summed E-state index contributed by atoms with van der Waals surface area (Å²) in [5.41, 5.74) is 5.99. The number of primary amides is 1. The lowest BCUT2D eigenvalue weighted by Crippen LogP contribution is -2.48. The van der Waals surface area contributed by atoms with Crippen molar-refractivity contribution in [1.82, 2.24) is 4.98 Å². The molecular formula is C12H15N3O3. The summed E-state index contributed by atoms with van der Waals surface area (Å²) in [5, 5.41) is 9.15. The van der Waals surface area contributed by atoms with E-state index in [-0.39, 0.29) is 5.56 Å². The molecule has 2 heterocycles. The number of aromatic nitrogens is 1. The topological polar surface area (TPSA) is 96.5 Å². The molecule has 1 aliphatic heterocycles. The van der Waals surface area contributed by atoms with Crippen molar-refractivity contribution in [2.75, 3.05) is 11.4 Å². The van der Waals surface area contributed by atoms with Gasteiger partial charge in [0.15, 0.2) is 0 Å². The molecule has 1 aromatic heterocycles. The molecule has 1 aliphatic rings. The molecule has 18 heavy (non-hydrogen) atoms.